The molecule has 3 fully saturated rings. The van der Waals surface area contributed by atoms with E-state index in [-0.39, 0.29) is 0 Å². The van der Waals surface area contributed by atoms with Crippen LogP contribution in [-0.2, 0) is 25.3 Å². The second kappa shape index (κ2) is 13.7. The summed E-state index contributed by atoms with van der Waals surface area (Å²) < 4.78 is 41.0. The molecule has 11 heteroatoms. The first-order valence-electron chi connectivity index (χ1n) is 15.8. The number of rotatable bonds is 9. The minimum atomic E-state index is -2.72. The number of hydrogen-bond donors (Lipinski definition) is 0. The highest BCUT2D eigenvalue weighted by molar-refractivity contribution is 6.89. The number of epoxide rings is 1. The molecule has 2 radical (unpaired) electrons. The fourth-order valence-electron chi connectivity index (χ4n) is 7.22. The lowest BCUT2D eigenvalue weighted by Gasteiger charge is -2.46. The third-order valence-electron chi connectivity index (χ3n) is 9.08. The summed E-state index contributed by atoms with van der Waals surface area (Å²) in [6, 6.07) is 24.2. The van der Waals surface area contributed by atoms with E-state index in [4.69, 9.17) is 25.3 Å². The lowest BCUT2D eigenvalue weighted by Crippen LogP contribution is -2.62. The molecule has 7 unspecified atom stereocenters. The van der Waals surface area contributed by atoms with Gasteiger partial charge in [-0.3, -0.25) is 0 Å². The Kier molecular flexibility index (Phi) is 10.7. The van der Waals surface area contributed by atoms with Crippen molar-refractivity contribution in [3.63, 3.8) is 0 Å². The summed E-state index contributed by atoms with van der Waals surface area (Å²) in [5.41, 5.74) is 2.65. The van der Waals surface area contributed by atoms with Gasteiger partial charge >= 0.3 is 44.3 Å². The van der Waals surface area contributed by atoms with Crippen LogP contribution in [0.1, 0.15) is 62.5 Å². The van der Waals surface area contributed by atoms with E-state index in [2.05, 4.69) is 107 Å². The zero-order valence-corrected chi connectivity index (χ0v) is 31.6. The van der Waals surface area contributed by atoms with E-state index in [1.54, 1.807) is 0 Å². The highest BCUT2D eigenvalue weighted by Gasteiger charge is 2.52. The van der Waals surface area contributed by atoms with Crippen LogP contribution in [0.15, 0.2) is 60.7 Å². The van der Waals surface area contributed by atoms with Gasteiger partial charge in [-0.2, -0.15) is 0 Å². The summed E-state index contributed by atoms with van der Waals surface area (Å²) in [6.07, 6.45) is 5.76. The minimum absolute atomic E-state index is 0.325. The van der Waals surface area contributed by atoms with Gasteiger partial charge in [0.15, 0.2) is 0 Å². The normalized spacial score (nSPS) is 36.1. The molecule has 3 aliphatic rings. The Balaban J connectivity index is 1.42. The van der Waals surface area contributed by atoms with Gasteiger partial charge in [0.2, 0.25) is 0 Å². The molecule has 7 atom stereocenters. The second-order valence-corrected chi connectivity index (χ2v) is 27.5. The summed E-state index contributed by atoms with van der Waals surface area (Å²) in [5.74, 6) is 1.32. The highest BCUT2D eigenvalue weighted by atomic mass is 28.5. The molecule has 0 amide bonds. The molecular weight excluding hydrogens is 609 g/mol. The van der Waals surface area contributed by atoms with Crippen molar-refractivity contribution in [2.75, 3.05) is 0 Å². The Bertz CT molecular complexity index is 1080. The zero-order valence-electron chi connectivity index (χ0n) is 26.6. The third kappa shape index (κ3) is 8.93. The van der Waals surface area contributed by atoms with E-state index in [0.29, 0.717) is 30.0 Å². The smallest absolute Gasteiger partial charge is 0.362 e. The van der Waals surface area contributed by atoms with Crippen LogP contribution < -0.4 is 0 Å². The highest BCUT2D eigenvalue weighted by Crippen LogP contribution is 2.43. The van der Waals surface area contributed by atoms with Gasteiger partial charge in [0.25, 0.3) is 0 Å². The van der Waals surface area contributed by atoms with Crippen LogP contribution in [-0.4, -0.2) is 56.5 Å². The van der Waals surface area contributed by atoms with E-state index in [1.807, 2.05) is 0 Å². The Morgan fingerprint density at radius 1 is 0.714 bits per heavy atom. The largest absolute Gasteiger partial charge is 0.416 e. The summed E-state index contributed by atoms with van der Waals surface area (Å²) in [5, 5.41) is 0. The predicted octanol–water partition coefficient (Wildman–Crippen LogP) is 8.10. The lowest BCUT2D eigenvalue weighted by atomic mass is 9.88. The lowest BCUT2D eigenvalue weighted by molar-refractivity contribution is 0.241. The summed E-state index contributed by atoms with van der Waals surface area (Å²) in [6.45, 7) is 15.7. The van der Waals surface area contributed by atoms with Gasteiger partial charge < -0.3 is 25.3 Å². The first-order chi connectivity index (χ1) is 19.9. The molecule has 0 spiro atoms. The van der Waals surface area contributed by atoms with Crippen LogP contribution in [0.5, 0.6) is 0 Å². The van der Waals surface area contributed by atoms with Crippen molar-refractivity contribution in [2.24, 2.45) is 5.92 Å². The van der Waals surface area contributed by atoms with Crippen LogP contribution in [0.25, 0.3) is 0 Å². The van der Waals surface area contributed by atoms with Crippen LogP contribution >= 0.6 is 0 Å². The van der Waals surface area contributed by atoms with Gasteiger partial charge in [-0.1, -0.05) is 74.5 Å². The molecule has 2 aromatic rings. The Morgan fingerprint density at radius 3 is 1.69 bits per heavy atom. The predicted molar refractivity (Wildman–Crippen MR) is 178 cm³/mol. The van der Waals surface area contributed by atoms with Gasteiger partial charge in [-0.05, 0) is 105 Å². The quantitative estimate of drug-likeness (QED) is 0.201. The number of ether oxygens (including phenoxy) is 1. The van der Waals surface area contributed by atoms with E-state index >= 15 is 0 Å². The summed E-state index contributed by atoms with van der Waals surface area (Å²) >= 11 is 0. The van der Waals surface area contributed by atoms with Crippen molar-refractivity contribution in [2.45, 2.75) is 114 Å². The molecule has 2 saturated heterocycles. The van der Waals surface area contributed by atoms with Crippen molar-refractivity contribution in [1.82, 2.24) is 0 Å². The van der Waals surface area contributed by atoms with Crippen molar-refractivity contribution in [3.8, 4) is 0 Å². The summed E-state index contributed by atoms with van der Waals surface area (Å²) in [4.78, 5) is 0. The molecule has 0 bridgehead atoms. The molecule has 2 aromatic carbocycles. The third-order valence-corrected chi connectivity index (χ3v) is 27.9. The first kappa shape index (κ1) is 32.7. The fourth-order valence-corrected chi connectivity index (χ4v) is 29.5. The van der Waals surface area contributed by atoms with Crippen molar-refractivity contribution in [1.29, 1.82) is 0 Å². The first-order valence-corrected chi connectivity index (χ1v) is 27.0. The average Bonchev–Trinajstić information content (AvgIpc) is 3.70. The second-order valence-electron chi connectivity index (χ2n) is 13.4. The topological polar surface area (TPSA) is 58.7 Å². The van der Waals surface area contributed by atoms with Crippen molar-refractivity contribution < 1.29 is 25.3 Å². The van der Waals surface area contributed by atoms with Gasteiger partial charge in [0.1, 0.15) is 0 Å². The van der Waals surface area contributed by atoms with Gasteiger partial charge in [-0.25, -0.2) is 0 Å². The Morgan fingerprint density at radius 2 is 1.21 bits per heavy atom. The Labute approximate surface area is 260 Å². The number of hydrogen-bond acceptors (Lipinski definition) is 6. The van der Waals surface area contributed by atoms with E-state index in [1.165, 1.54) is 30.4 Å². The van der Waals surface area contributed by atoms with Gasteiger partial charge in [0.05, 0.1) is 12.2 Å². The van der Waals surface area contributed by atoms with Crippen LogP contribution in [0.4, 0.5) is 0 Å². The SMILES string of the molecule is CC(C[Si]1(C)O[Si](C)O[Si](C)O[Si](C)(CC(C)c2ccccc2)O[Si](C)(CCC2CCC3OC3C2)O1)c1ccccc1. The minimum Gasteiger partial charge on any atom is -0.416 e. The van der Waals surface area contributed by atoms with E-state index in [0.717, 1.165) is 24.6 Å². The molecule has 0 aromatic heterocycles. The average molecular weight is 659 g/mol. The van der Waals surface area contributed by atoms with E-state index in [9.17, 15) is 0 Å². The van der Waals surface area contributed by atoms with E-state index < -0.39 is 44.3 Å². The van der Waals surface area contributed by atoms with Crippen molar-refractivity contribution >= 4 is 44.3 Å². The molecule has 1 aliphatic carbocycles. The zero-order chi connectivity index (χ0) is 30.0. The number of benzene rings is 2. The van der Waals surface area contributed by atoms with Crippen molar-refractivity contribution in [3.05, 3.63) is 71.8 Å². The van der Waals surface area contributed by atoms with Crippen LogP contribution in [0.2, 0.25) is 50.9 Å². The van der Waals surface area contributed by atoms with Gasteiger partial charge in [-0.15, -0.1) is 0 Å². The summed E-state index contributed by atoms with van der Waals surface area (Å²) in [7, 11) is -11.2. The molecule has 42 heavy (non-hydrogen) atoms. The maximum Gasteiger partial charge on any atom is 0.362 e. The van der Waals surface area contributed by atoms with Gasteiger partial charge in [0, 0.05) is 0 Å². The van der Waals surface area contributed by atoms with Crippen LogP contribution in [0.3, 0.4) is 0 Å². The fraction of sp³-hybridized carbons (Fsp3) is 0.613. The monoisotopic (exact) mass is 658 g/mol. The molecule has 1 saturated carbocycles. The molecule has 0 N–H and O–H groups in total. The van der Waals surface area contributed by atoms with Crippen LogP contribution in [0, 0.1) is 5.92 Å². The molecule has 2 heterocycles. The molecular formula is C31H50O6Si5. The maximum absolute atomic E-state index is 7.42. The maximum atomic E-state index is 7.42. The molecule has 2 aliphatic heterocycles. The molecule has 6 nitrogen and oxygen atoms in total. The molecule has 5 rings (SSSR count). The Hall–Kier alpha value is -0.716. The number of fused-ring (bicyclic) bond motifs is 1. The molecule has 230 valence electrons. The standard InChI is InChI=1S/C31H50O6Si5/c1-25(28-14-10-8-11-15-28)23-41(6)34-38(3)33-39(4)35-42(7,24-26(2)29-16-12-9-13-17-29)37-40(5,36-41)21-20-27-18-19-30-31(22-27)32-30/h8-17,25-27,30-31H,18-24H2,1-7H3.